The van der Waals surface area contributed by atoms with Crippen LogP contribution in [0.25, 0.3) is 0 Å². The summed E-state index contributed by atoms with van der Waals surface area (Å²) in [7, 11) is 0. The lowest BCUT2D eigenvalue weighted by Crippen LogP contribution is -2.56. The number of rotatable bonds is 3. The third-order valence-electron chi connectivity index (χ3n) is 3.83. The second-order valence-electron chi connectivity index (χ2n) is 5.20. The molecule has 2 unspecified atom stereocenters. The number of aromatic nitrogens is 1. The molecular formula is C15H22N4. The molecule has 19 heavy (non-hydrogen) atoms. The molecule has 1 aromatic heterocycles. The number of anilines is 1. The zero-order valence-electron chi connectivity index (χ0n) is 12.0. The van der Waals surface area contributed by atoms with Crippen molar-refractivity contribution in [3.05, 3.63) is 23.4 Å². The highest BCUT2D eigenvalue weighted by Gasteiger charge is 2.27. The molecule has 0 bridgehead atoms. The predicted molar refractivity (Wildman–Crippen MR) is 77.2 cm³/mol. The summed E-state index contributed by atoms with van der Waals surface area (Å²) < 4.78 is 0. The Bertz CT molecular complexity index is 478. The maximum Gasteiger partial charge on any atom is 0.130 e. The minimum Gasteiger partial charge on any atom is -0.351 e. The van der Waals surface area contributed by atoms with Gasteiger partial charge in [-0.05, 0) is 31.9 Å². The van der Waals surface area contributed by atoms with Gasteiger partial charge in [0.05, 0.1) is 11.6 Å². The number of hydrogen-bond acceptors (Lipinski definition) is 4. The molecule has 1 aliphatic rings. The summed E-state index contributed by atoms with van der Waals surface area (Å²) in [6.07, 6.45) is 2.20. The molecular weight excluding hydrogens is 236 g/mol. The van der Waals surface area contributed by atoms with Gasteiger partial charge >= 0.3 is 0 Å². The zero-order chi connectivity index (χ0) is 13.8. The first-order valence-electron chi connectivity index (χ1n) is 7.06. The Hall–Kier alpha value is -1.60. The lowest BCUT2D eigenvalue weighted by atomic mass is 10.0. The summed E-state index contributed by atoms with van der Waals surface area (Å²) >= 11 is 0. The highest BCUT2D eigenvalue weighted by Crippen LogP contribution is 2.22. The number of nitrogens with zero attached hydrogens (tertiary/aromatic N) is 3. The van der Waals surface area contributed by atoms with Crippen molar-refractivity contribution in [3.63, 3.8) is 0 Å². The van der Waals surface area contributed by atoms with Crippen LogP contribution in [-0.2, 0) is 0 Å². The average molecular weight is 258 g/mol. The highest BCUT2D eigenvalue weighted by molar-refractivity contribution is 5.48. The Morgan fingerprint density at radius 3 is 2.84 bits per heavy atom. The highest BCUT2D eigenvalue weighted by atomic mass is 15.3. The quantitative estimate of drug-likeness (QED) is 0.903. The van der Waals surface area contributed by atoms with E-state index in [1.807, 2.05) is 19.1 Å². The van der Waals surface area contributed by atoms with Gasteiger partial charge in [-0.15, -0.1) is 0 Å². The maximum absolute atomic E-state index is 9.10. The van der Waals surface area contributed by atoms with Crippen LogP contribution in [0.5, 0.6) is 0 Å². The van der Waals surface area contributed by atoms with Crippen LogP contribution in [0.3, 0.4) is 0 Å². The smallest absolute Gasteiger partial charge is 0.130 e. The third kappa shape index (κ3) is 3.05. The average Bonchev–Trinajstić information content (AvgIpc) is 2.45. The molecule has 0 spiro atoms. The van der Waals surface area contributed by atoms with Gasteiger partial charge in [-0.1, -0.05) is 13.8 Å². The van der Waals surface area contributed by atoms with Gasteiger partial charge in [0.2, 0.25) is 0 Å². The molecule has 1 aromatic rings. The number of piperazine rings is 1. The molecule has 1 aliphatic heterocycles. The normalized spacial score (nSPS) is 23.2. The maximum atomic E-state index is 9.10. The van der Waals surface area contributed by atoms with Crippen molar-refractivity contribution in [1.29, 1.82) is 5.26 Å². The van der Waals surface area contributed by atoms with Crippen molar-refractivity contribution < 1.29 is 0 Å². The monoisotopic (exact) mass is 258 g/mol. The topological polar surface area (TPSA) is 52.0 Å². The minimum atomic E-state index is 0.462. The Morgan fingerprint density at radius 2 is 2.21 bits per heavy atom. The van der Waals surface area contributed by atoms with Crippen molar-refractivity contribution >= 4 is 5.82 Å². The molecule has 102 valence electrons. The summed E-state index contributed by atoms with van der Waals surface area (Å²) in [4.78, 5) is 6.98. The molecule has 1 N–H and O–H groups in total. The molecule has 4 nitrogen and oxygen atoms in total. The van der Waals surface area contributed by atoms with E-state index in [1.54, 1.807) is 0 Å². The second kappa shape index (κ2) is 6.03. The van der Waals surface area contributed by atoms with E-state index in [0.29, 0.717) is 17.6 Å². The van der Waals surface area contributed by atoms with Gasteiger partial charge in [0, 0.05) is 30.9 Å². The number of hydrogen-bond donors (Lipinski definition) is 1. The molecule has 4 heteroatoms. The van der Waals surface area contributed by atoms with E-state index in [1.165, 1.54) is 0 Å². The number of aryl methyl sites for hydroxylation is 1. The first kappa shape index (κ1) is 13.8. The number of nitriles is 1. The van der Waals surface area contributed by atoms with Gasteiger partial charge in [-0.25, -0.2) is 4.98 Å². The standard InChI is InChI=1S/C15H22N4/c1-4-13-10-19(14(5-2)9-17-13)15-7-12(8-16)6-11(3)18-15/h6-7,13-14,17H,4-5,9-10H2,1-3H3. The van der Waals surface area contributed by atoms with Gasteiger partial charge in [0.1, 0.15) is 5.82 Å². The summed E-state index contributed by atoms with van der Waals surface area (Å²) in [5.41, 5.74) is 1.61. The molecule has 0 amide bonds. The predicted octanol–water partition coefficient (Wildman–Crippen LogP) is 2.23. The third-order valence-corrected chi connectivity index (χ3v) is 3.83. The molecule has 1 fully saturated rings. The Kier molecular flexibility index (Phi) is 4.39. The van der Waals surface area contributed by atoms with Gasteiger partial charge in [-0.3, -0.25) is 0 Å². The van der Waals surface area contributed by atoms with Crippen LogP contribution in [0.1, 0.15) is 37.9 Å². The van der Waals surface area contributed by atoms with Crippen LogP contribution in [0.4, 0.5) is 5.82 Å². The van der Waals surface area contributed by atoms with Crippen molar-refractivity contribution in [2.24, 2.45) is 0 Å². The van der Waals surface area contributed by atoms with Crippen LogP contribution >= 0.6 is 0 Å². The van der Waals surface area contributed by atoms with Crippen molar-refractivity contribution in [2.75, 3.05) is 18.0 Å². The molecule has 0 aliphatic carbocycles. The van der Waals surface area contributed by atoms with E-state index in [-0.39, 0.29) is 0 Å². The first-order valence-corrected chi connectivity index (χ1v) is 7.06. The lowest BCUT2D eigenvalue weighted by molar-refractivity contribution is 0.376. The van der Waals surface area contributed by atoms with Crippen molar-refractivity contribution in [3.8, 4) is 6.07 Å². The molecule has 0 aromatic carbocycles. The largest absolute Gasteiger partial charge is 0.351 e. The van der Waals surface area contributed by atoms with Gasteiger partial charge in [0.25, 0.3) is 0 Å². The molecule has 2 heterocycles. The van der Waals surface area contributed by atoms with E-state index < -0.39 is 0 Å². The van der Waals surface area contributed by atoms with Crippen LogP contribution in [-0.4, -0.2) is 30.2 Å². The molecule has 1 saturated heterocycles. The molecule has 0 saturated carbocycles. The zero-order valence-corrected chi connectivity index (χ0v) is 12.0. The van der Waals surface area contributed by atoms with Gasteiger partial charge < -0.3 is 10.2 Å². The van der Waals surface area contributed by atoms with Crippen LogP contribution in [0.15, 0.2) is 12.1 Å². The number of nitrogens with one attached hydrogen (secondary N) is 1. The van der Waals surface area contributed by atoms with E-state index in [9.17, 15) is 0 Å². The summed E-state index contributed by atoms with van der Waals surface area (Å²) in [5, 5.41) is 12.7. The molecule has 2 rings (SSSR count). The second-order valence-corrected chi connectivity index (χ2v) is 5.20. The fourth-order valence-corrected chi connectivity index (χ4v) is 2.65. The fourth-order valence-electron chi connectivity index (χ4n) is 2.65. The van der Waals surface area contributed by atoms with Crippen molar-refractivity contribution in [1.82, 2.24) is 10.3 Å². The summed E-state index contributed by atoms with van der Waals surface area (Å²) in [6.45, 7) is 8.31. The SMILES string of the molecule is CCC1CN(c2cc(C#N)cc(C)n2)C(CC)CN1. The van der Waals surface area contributed by atoms with E-state index in [4.69, 9.17) is 5.26 Å². The van der Waals surface area contributed by atoms with Crippen molar-refractivity contribution in [2.45, 2.75) is 45.7 Å². The Morgan fingerprint density at radius 1 is 1.42 bits per heavy atom. The van der Waals surface area contributed by atoms with Gasteiger partial charge in [0.15, 0.2) is 0 Å². The van der Waals surface area contributed by atoms with Crippen LogP contribution < -0.4 is 10.2 Å². The fraction of sp³-hybridized carbons (Fsp3) is 0.600. The number of pyridine rings is 1. The van der Waals surface area contributed by atoms with Crippen LogP contribution in [0, 0.1) is 18.3 Å². The summed E-state index contributed by atoms with van der Waals surface area (Å²) in [6, 6.07) is 6.94. The first-order chi connectivity index (χ1) is 9.17. The van der Waals surface area contributed by atoms with Gasteiger partial charge in [-0.2, -0.15) is 5.26 Å². The van der Waals surface area contributed by atoms with E-state index in [2.05, 4.69) is 35.1 Å². The lowest BCUT2D eigenvalue weighted by Gasteiger charge is -2.41. The minimum absolute atomic E-state index is 0.462. The van der Waals surface area contributed by atoms with E-state index >= 15 is 0 Å². The Labute approximate surface area is 115 Å². The molecule has 2 atom stereocenters. The van der Waals surface area contributed by atoms with Crippen LogP contribution in [0.2, 0.25) is 0 Å². The Balaban J connectivity index is 2.31. The molecule has 0 radical (unpaired) electrons. The summed E-state index contributed by atoms with van der Waals surface area (Å²) in [5.74, 6) is 0.948. The van der Waals surface area contributed by atoms with E-state index in [0.717, 1.165) is 37.4 Å².